The van der Waals surface area contributed by atoms with Crippen LogP contribution in [0.25, 0.3) is 0 Å². The Bertz CT molecular complexity index is 437. The summed E-state index contributed by atoms with van der Waals surface area (Å²) in [6, 6.07) is 6.26. The molecule has 1 atom stereocenters. The number of benzene rings is 1. The van der Waals surface area contributed by atoms with Crippen molar-refractivity contribution in [2.45, 2.75) is 12.5 Å². The van der Waals surface area contributed by atoms with E-state index in [0.29, 0.717) is 11.4 Å². The summed E-state index contributed by atoms with van der Waals surface area (Å²) in [5, 5.41) is 3.07. The average Bonchev–Trinajstić information content (AvgIpc) is 2.28. The van der Waals surface area contributed by atoms with E-state index in [1.165, 1.54) is 7.11 Å². The number of carbonyl (C=O) groups excluding carboxylic acids is 2. The minimum absolute atomic E-state index is 0.112. The van der Waals surface area contributed by atoms with E-state index in [1.54, 1.807) is 18.2 Å². The van der Waals surface area contributed by atoms with Crippen LogP contribution in [-0.2, 0) is 20.7 Å². The molecular formula is C12H15ClN2O3. The van der Waals surface area contributed by atoms with Gasteiger partial charge < -0.3 is 15.8 Å². The lowest BCUT2D eigenvalue weighted by Crippen LogP contribution is -2.46. The molecule has 0 heterocycles. The summed E-state index contributed by atoms with van der Waals surface area (Å²) in [6.45, 7) is -0.112. The number of hydrogen-bond donors (Lipinski definition) is 2. The first kappa shape index (κ1) is 14.5. The highest BCUT2D eigenvalue weighted by Gasteiger charge is 2.18. The lowest BCUT2D eigenvalue weighted by atomic mass is 10.1. The van der Waals surface area contributed by atoms with Crippen molar-refractivity contribution < 1.29 is 14.3 Å². The van der Waals surface area contributed by atoms with E-state index in [9.17, 15) is 9.59 Å². The number of primary amides is 1. The Morgan fingerprint density at radius 1 is 1.50 bits per heavy atom. The van der Waals surface area contributed by atoms with Crippen LogP contribution in [0.2, 0.25) is 5.02 Å². The lowest BCUT2D eigenvalue weighted by molar-refractivity contribution is -0.129. The van der Waals surface area contributed by atoms with Crippen LogP contribution in [0.1, 0.15) is 5.56 Å². The van der Waals surface area contributed by atoms with Crippen molar-refractivity contribution in [2.24, 2.45) is 5.73 Å². The highest BCUT2D eigenvalue weighted by molar-refractivity contribution is 6.30. The highest BCUT2D eigenvalue weighted by atomic mass is 35.5. The van der Waals surface area contributed by atoms with Crippen molar-refractivity contribution in [3.05, 3.63) is 34.9 Å². The van der Waals surface area contributed by atoms with Crippen LogP contribution in [0, 0.1) is 0 Å². The Morgan fingerprint density at radius 3 is 2.78 bits per heavy atom. The monoisotopic (exact) mass is 270 g/mol. The van der Waals surface area contributed by atoms with Crippen molar-refractivity contribution >= 4 is 23.4 Å². The Hall–Kier alpha value is -1.59. The third kappa shape index (κ3) is 4.73. The molecule has 1 aromatic rings. The highest BCUT2D eigenvalue weighted by Crippen LogP contribution is 2.12. The molecule has 6 heteroatoms. The van der Waals surface area contributed by atoms with Crippen LogP contribution in [-0.4, -0.2) is 31.6 Å². The average molecular weight is 271 g/mol. The van der Waals surface area contributed by atoms with Crippen molar-refractivity contribution in [2.75, 3.05) is 13.7 Å². The van der Waals surface area contributed by atoms with Gasteiger partial charge in [-0.05, 0) is 17.7 Å². The van der Waals surface area contributed by atoms with Crippen LogP contribution in [0.3, 0.4) is 0 Å². The number of amides is 2. The molecule has 0 saturated carbocycles. The molecule has 2 amide bonds. The van der Waals surface area contributed by atoms with Gasteiger partial charge in [0, 0.05) is 18.6 Å². The van der Waals surface area contributed by atoms with Gasteiger partial charge in [0.15, 0.2) is 0 Å². The molecule has 0 aliphatic carbocycles. The minimum atomic E-state index is -0.772. The fourth-order valence-corrected chi connectivity index (χ4v) is 1.70. The molecule has 5 nitrogen and oxygen atoms in total. The Morgan fingerprint density at radius 2 is 2.22 bits per heavy atom. The summed E-state index contributed by atoms with van der Waals surface area (Å²) in [5.41, 5.74) is 6.06. The van der Waals surface area contributed by atoms with E-state index < -0.39 is 11.9 Å². The number of nitrogens with two attached hydrogens (primary N) is 1. The maximum absolute atomic E-state index is 11.3. The molecule has 0 spiro atoms. The molecule has 1 aromatic carbocycles. The second-order valence-corrected chi connectivity index (χ2v) is 4.23. The fraction of sp³-hybridized carbons (Fsp3) is 0.333. The molecule has 0 unspecified atom stereocenters. The van der Waals surface area contributed by atoms with E-state index in [2.05, 4.69) is 10.1 Å². The van der Waals surface area contributed by atoms with E-state index >= 15 is 0 Å². The number of nitrogens with one attached hydrogen (secondary N) is 1. The zero-order valence-corrected chi connectivity index (χ0v) is 10.7. The molecule has 0 saturated heterocycles. The summed E-state index contributed by atoms with van der Waals surface area (Å²) in [4.78, 5) is 22.6. The molecule has 18 heavy (non-hydrogen) atoms. The van der Waals surface area contributed by atoms with Crippen LogP contribution < -0.4 is 11.1 Å². The maximum Gasteiger partial charge on any atom is 0.246 e. The SMILES string of the molecule is COCC(=O)N[C@H](Cc1cccc(Cl)c1)C(N)=O. The number of rotatable bonds is 6. The molecule has 0 fully saturated rings. The van der Waals surface area contributed by atoms with Gasteiger partial charge in [0.05, 0.1) is 0 Å². The maximum atomic E-state index is 11.3. The molecular weight excluding hydrogens is 256 g/mol. The standard InChI is InChI=1S/C12H15ClN2O3/c1-18-7-11(16)15-10(12(14)17)6-8-3-2-4-9(13)5-8/h2-5,10H,6-7H2,1H3,(H2,14,17)(H,15,16)/t10-/m1/s1. The van der Waals surface area contributed by atoms with Crippen molar-refractivity contribution in [1.29, 1.82) is 0 Å². The van der Waals surface area contributed by atoms with E-state index in [-0.39, 0.29) is 12.5 Å². The molecule has 0 aromatic heterocycles. The molecule has 0 bridgehead atoms. The third-order valence-corrected chi connectivity index (χ3v) is 2.52. The van der Waals surface area contributed by atoms with Crippen molar-refractivity contribution in [3.63, 3.8) is 0 Å². The second-order valence-electron chi connectivity index (χ2n) is 3.79. The van der Waals surface area contributed by atoms with Gasteiger partial charge in [-0.15, -0.1) is 0 Å². The van der Waals surface area contributed by atoms with Gasteiger partial charge >= 0.3 is 0 Å². The largest absolute Gasteiger partial charge is 0.375 e. The Kier molecular flexibility index (Phi) is 5.61. The van der Waals surface area contributed by atoms with Crippen LogP contribution in [0.15, 0.2) is 24.3 Å². The molecule has 0 radical (unpaired) electrons. The van der Waals surface area contributed by atoms with Gasteiger partial charge in [-0.3, -0.25) is 9.59 Å². The summed E-state index contributed by atoms with van der Waals surface area (Å²) in [5.74, 6) is -0.984. The molecule has 1 rings (SSSR count). The van der Waals surface area contributed by atoms with Gasteiger partial charge in [-0.2, -0.15) is 0 Å². The lowest BCUT2D eigenvalue weighted by Gasteiger charge is -2.15. The van der Waals surface area contributed by atoms with E-state index in [4.69, 9.17) is 17.3 Å². The zero-order chi connectivity index (χ0) is 13.5. The second kappa shape index (κ2) is 6.98. The van der Waals surface area contributed by atoms with Crippen LogP contribution in [0.5, 0.6) is 0 Å². The normalized spacial score (nSPS) is 11.9. The van der Waals surface area contributed by atoms with Crippen molar-refractivity contribution in [1.82, 2.24) is 5.32 Å². The molecule has 98 valence electrons. The number of hydrogen-bond acceptors (Lipinski definition) is 3. The molecule has 3 N–H and O–H groups in total. The third-order valence-electron chi connectivity index (χ3n) is 2.28. The number of methoxy groups -OCH3 is 1. The van der Waals surface area contributed by atoms with Gasteiger partial charge in [-0.1, -0.05) is 23.7 Å². The van der Waals surface area contributed by atoms with Crippen molar-refractivity contribution in [3.8, 4) is 0 Å². The first-order valence-corrected chi connectivity index (χ1v) is 5.72. The summed E-state index contributed by atoms with van der Waals surface area (Å²) in [7, 11) is 1.40. The number of halogens is 1. The minimum Gasteiger partial charge on any atom is -0.375 e. The fourth-order valence-electron chi connectivity index (χ4n) is 1.49. The topological polar surface area (TPSA) is 81.4 Å². The van der Waals surface area contributed by atoms with Crippen LogP contribution >= 0.6 is 11.6 Å². The predicted molar refractivity (Wildman–Crippen MR) is 68.2 cm³/mol. The quantitative estimate of drug-likeness (QED) is 0.790. The van der Waals surface area contributed by atoms with Gasteiger partial charge in [0.25, 0.3) is 0 Å². The van der Waals surface area contributed by atoms with Gasteiger partial charge in [0.1, 0.15) is 12.6 Å². The summed E-state index contributed by atoms with van der Waals surface area (Å²) in [6.07, 6.45) is 0.297. The van der Waals surface area contributed by atoms with Crippen LogP contribution in [0.4, 0.5) is 0 Å². The summed E-state index contributed by atoms with van der Waals surface area (Å²) >= 11 is 5.84. The predicted octanol–water partition coefficient (Wildman–Crippen LogP) is 0.499. The Balaban J connectivity index is 2.69. The smallest absolute Gasteiger partial charge is 0.246 e. The first-order chi connectivity index (χ1) is 8.52. The summed E-state index contributed by atoms with van der Waals surface area (Å²) < 4.78 is 4.67. The first-order valence-electron chi connectivity index (χ1n) is 5.35. The zero-order valence-electron chi connectivity index (χ0n) is 9.98. The van der Waals surface area contributed by atoms with E-state index in [0.717, 1.165) is 5.56 Å². The molecule has 0 aliphatic heterocycles. The number of ether oxygens (including phenoxy) is 1. The number of carbonyl (C=O) groups is 2. The van der Waals surface area contributed by atoms with Gasteiger partial charge in [-0.25, -0.2) is 0 Å². The Labute approximate surface area is 110 Å². The molecule has 0 aliphatic rings. The van der Waals surface area contributed by atoms with Gasteiger partial charge in [0.2, 0.25) is 11.8 Å². The van der Waals surface area contributed by atoms with E-state index in [1.807, 2.05) is 6.07 Å².